The predicted molar refractivity (Wildman–Crippen MR) is 84.6 cm³/mol. The summed E-state index contributed by atoms with van der Waals surface area (Å²) >= 11 is 0. The van der Waals surface area contributed by atoms with Crippen LogP contribution in [-0.2, 0) is 10.0 Å². The standard InChI is InChI=1S/C15H22F2N2O3S/c1-3-4-5-9-19(23(2,21)22)10-8-18-15(20)12-6-7-13(16)14(17)11-12/h6-7,11H,3-5,8-10H2,1-2H3,(H,18,20). The Labute approximate surface area is 135 Å². The van der Waals surface area contributed by atoms with Crippen LogP contribution in [0.3, 0.4) is 0 Å². The van der Waals surface area contributed by atoms with Gasteiger partial charge in [-0.25, -0.2) is 21.5 Å². The number of sulfonamides is 1. The van der Waals surface area contributed by atoms with Crippen LogP contribution in [0.4, 0.5) is 8.78 Å². The van der Waals surface area contributed by atoms with E-state index in [0.29, 0.717) is 6.54 Å². The molecule has 0 saturated carbocycles. The maximum absolute atomic E-state index is 13.1. The van der Waals surface area contributed by atoms with Crippen LogP contribution >= 0.6 is 0 Å². The Morgan fingerprint density at radius 3 is 2.43 bits per heavy atom. The normalized spacial score (nSPS) is 11.7. The summed E-state index contributed by atoms with van der Waals surface area (Å²) in [5.74, 6) is -2.71. The monoisotopic (exact) mass is 348 g/mol. The summed E-state index contributed by atoms with van der Waals surface area (Å²) in [6.07, 6.45) is 3.77. The number of carbonyl (C=O) groups excluding carboxylic acids is 1. The van der Waals surface area contributed by atoms with Crippen molar-refractivity contribution >= 4 is 15.9 Å². The van der Waals surface area contributed by atoms with Crippen molar-refractivity contribution in [1.82, 2.24) is 9.62 Å². The first-order valence-corrected chi connectivity index (χ1v) is 9.29. The zero-order valence-electron chi connectivity index (χ0n) is 13.3. The van der Waals surface area contributed by atoms with Gasteiger partial charge in [-0.3, -0.25) is 4.79 Å². The van der Waals surface area contributed by atoms with Crippen molar-refractivity contribution in [3.05, 3.63) is 35.4 Å². The van der Waals surface area contributed by atoms with Gasteiger partial charge < -0.3 is 5.32 Å². The van der Waals surface area contributed by atoms with E-state index in [4.69, 9.17) is 0 Å². The largest absolute Gasteiger partial charge is 0.351 e. The lowest BCUT2D eigenvalue weighted by atomic mass is 10.2. The third-order valence-corrected chi connectivity index (χ3v) is 4.61. The highest BCUT2D eigenvalue weighted by molar-refractivity contribution is 7.88. The zero-order chi connectivity index (χ0) is 17.5. The average Bonchev–Trinajstić information content (AvgIpc) is 2.47. The molecule has 1 aromatic carbocycles. The van der Waals surface area contributed by atoms with Crippen LogP contribution in [-0.4, -0.2) is 44.5 Å². The second kappa shape index (κ2) is 8.93. The fourth-order valence-electron chi connectivity index (χ4n) is 2.02. The van der Waals surface area contributed by atoms with Crippen molar-refractivity contribution in [1.29, 1.82) is 0 Å². The van der Waals surface area contributed by atoms with Crippen molar-refractivity contribution in [2.75, 3.05) is 25.9 Å². The molecule has 0 aromatic heterocycles. The van der Waals surface area contributed by atoms with Crippen molar-refractivity contribution < 1.29 is 22.0 Å². The third kappa shape index (κ3) is 6.62. The van der Waals surface area contributed by atoms with E-state index < -0.39 is 27.6 Å². The fourth-order valence-corrected chi connectivity index (χ4v) is 2.90. The number of nitrogens with zero attached hydrogens (tertiary/aromatic N) is 1. The smallest absolute Gasteiger partial charge is 0.251 e. The highest BCUT2D eigenvalue weighted by Gasteiger charge is 2.16. The number of rotatable bonds is 9. The molecule has 0 aliphatic rings. The van der Waals surface area contributed by atoms with Gasteiger partial charge in [0.25, 0.3) is 5.91 Å². The van der Waals surface area contributed by atoms with E-state index in [1.807, 2.05) is 6.92 Å². The molecule has 1 N–H and O–H groups in total. The fraction of sp³-hybridized carbons (Fsp3) is 0.533. The molecule has 0 aliphatic heterocycles. The molecule has 1 amide bonds. The first kappa shape index (κ1) is 19.5. The highest BCUT2D eigenvalue weighted by atomic mass is 32.2. The van der Waals surface area contributed by atoms with E-state index in [0.717, 1.165) is 37.7 Å². The Balaban J connectivity index is 2.54. The van der Waals surface area contributed by atoms with E-state index in [9.17, 15) is 22.0 Å². The molecule has 8 heteroatoms. The van der Waals surface area contributed by atoms with Gasteiger partial charge in [0.1, 0.15) is 0 Å². The lowest BCUT2D eigenvalue weighted by molar-refractivity contribution is 0.0951. The van der Waals surface area contributed by atoms with Gasteiger partial charge in [-0.15, -0.1) is 0 Å². The molecular weight excluding hydrogens is 326 g/mol. The van der Waals surface area contributed by atoms with Crippen LogP contribution in [0.1, 0.15) is 36.5 Å². The first-order chi connectivity index (χ1) is 10.8. The molecule has 0 aliphatic carbocycles. The molecule has 0 atom stereocenters. The van der Waals surface area contributed by atoms with Crippen LogP contribution in [0.2, 0.25) is 0 Å². The number of hydrogen-bond acceptors (Lipinski definition) is 3. The van der Waals surface area contributed by atoms with E-state index in [2.05, 4.69) is 5.32 Å². The Bertz CT molecular complexity index is 636. The molecule has 130 valence electrons. The molecule has 0 radical (unpaired) electrons. The van der Waals surface area contributed by atoms with Gasteiger partial charge >= 0.3 is 0 Å². The summed E-state index contributed by atoms with van der Waals surface area (Å²) < 4.78 is 50.5. The first-order valence-electron chi connectivity index (χ1n) is 7.44. The topological polar surface area (TPSA) is 66.5 Å². The van der Waals surface area contributed by atoms with Crippen LogP contribution in [0.5, 0.6) is 0 Å². The summed E-state index contributed by atoms with van der Waals surface area (Å²) in [4.78, 5) is 11.8. The van der Waals surface area contributed by atoms with Crippen LogP contribution < -0.4 is 5.32 Å². The predicted octanol–water partition coefficient (Wildman–Crippen LogP) is 2.15. The summed E-state index contributed by atoms with van der Waals surface area (Å²) in [7, 11) is -3.35. The Morgan fingerprint density at radius 2 is 1.87 bits per heavy atom. The van der Waals surface area contributed by atoms with Gasteiger partial charge in [-0.2, -0.15) is 0 Å². The molecule has 0 unspecified atom stereocenters. The van der Waals surface area contributed by atoms with Gasteiger partial charge in [0.05, 0.1) is 6.26 Å². The number of halogens is 2. The average molecular weight is 348 g/mol. The van der Waals surface area contributed by atoms with Gasteiger partial charge in [0, 0.05) is 25.2 Å². The number of hydrogen-bond donors (Lipinski definition) is 1. The quantitative estimate of drug-likeness (QED) is 0.696. The lowest BCUT2D eigenvalue weighted by Crippen LogP contribution is -2.38. The molecule has 0 spiro atoms. The Kier molecular flexibility index (Phi) is 7.57. The van der Waals surface area contributed by atoms with E-state index in [1.54, 1.807) is 0 Å². The minimum absolute atomic E-state index is 0.0132. The van der Waals surface area contributed by atoms with Gasteiger partial charge in [0.2, 0.25) is 10.0 Å². The molecule has 1 rings (SSSR count). The third-order valence-electron chi connectivity index (χ3n) is 3.31. The highest BCUT2D eigenvalue weighted by Crippen LogP contribution is 2.08. The molecule has 0 heterocycles. The minimum atomic E-state index is -3.35. The second-order valence-corrected chi connectivity index (χ2v) is 7.24. The summed E-state index contributed by atoms with van der Waals surface area (Å²) in [5, 5.41) is 2.50. The van der Waals surface area contributed by atoms with Crippen LogP contribution in [0.15, 0.2) is 18.2 Å². The minimum Gasteiger partial charge on any atom is -0.351 e. The number of nitrogens with one attached hydrogen (secondary N) is 1. The van der Waals surface area contributed by atoms with Crippen molar-refractivity contribution in [3.8, 4) is 0 Å². The van der Waals surface area contributed by atoms with E-state index in [1.165, 1.54) is 10.4 Å². The molecule has 1 aromatic rings. The van der Waals surface area contributed by atoms with Crippen LogP contribution in [0, 0.1) is 11.6 Å². The number of unbranched alkanes of at least 4 members (excludes halogenated alkanes) is 2. The maximum atomic E-state index is 13.1. The number of benzene rings is 1. The van der Waals surface area contributed by atoms with E-state index >= 15 is 0 Å². The molecule has 23 heavy (non-hydrogen) atoms. The summed E-state index contributed by atoms with van der Waals surface area (Å²) in [5.41, 5.74) is -0.0132. The molecule has 0 fully saturated rings. The number of carbonyl (C=O) groups is 1. The Hall–Kier alpha value is -1.54. The lowest BCUT2D eigenvalue weighted by Gasteiger charge is -2.20. The van der Waals surface area contributed by atoms with Crippen molar-refractivity contribution in [2.24, 2.45) is 0 Å². The van der Waals surface area contributed by atoms with E-state index in [-0.39, 0.29) is 18.7 Å². The van der Waals surface area contributed by atoms with Crippen molar-refractivity contribution in [3.63, 3.8) is 0 Å². The maximum Gasteiger partial charge on any atom is 0.251 e. The van der Waals surface area contributed by atoms with Gasteiger partial charge in [-0.05, 0) is 24.6 Å². The SMILES string of the molecule is CCCCCN(CCNC(=O)c1ccc(F)c(F)c1)S(C)(=O)=O. The van der Waals surface area contributed by atoms with Crippen LogP contribution in [0.25, 0.3) is 0 Å². The summed E-state index contributed by atoms with van der Waals surface area (Å²) in [6, 6.07) is 2.85. The molecular formula is C15H22F2N2O3S. The summed E-state index contributed by atoms with van der Waals surface area (Å²) in [6.45, 7) is 2.65. The zero-order valence-corrected chi connectivity index (χ0v) is 14.1. The molecule has 0 bridgehead atoms. The van der Waals surface area contributed by atoms with Crippen molar-refractivity contribution in [2.45, 2.75) is 26.2 Å². The van der Waals surface area contributed by atoms with Gasteiger partial charge in [0.15, 0.2) is 11.6 Å². The molecule has 5 nitrogen and oxygen atoms in total. The second-order valence-electron chi connectivity index (χ2n) is 5.25. The van der Waals surface area contributed by atoms with Gasteiger partial charge in [-0.1, -0.05) is 19.8 Å². The molecule has 0 saturated heterocycles. The number of amides is 1. The Morgan fingerprint density at radius 1 is 1.17 bits per heavy atom.